The van der Waals surface area contributed by atoms with Crippen LogP contribution in [0.15, 0.2) is 72.8 Å². The molecule has 2 amide bonds. The second-order valence-electron chi connectivity index (χ2n) is 10.7. The van der Waals surface area contributed by atoms with E-state index in [0.717, 1.165) is 11.8 Å². The molecule has 0 heterocycles. The molecule has 1 atom stereocenters. The average molecular weight is 649 g/mol. The number of hydrogen-bond acceptors (Lipinski definition) is 5. The molecule has 0 aromatic heterocycles. The number of methoxy groups -OCH3 is 1. The molecule has 232 valence electrons. The summed E-state index contributed by atoms with van der Waals surface area (Å²) in [6.07, 6.45) is 1.66. The van der Waals surface area contributed by atoms with Crippen LogP contribution >= 0.6 is 23.2 Å². The molecule has 0 saturated heterocycles. The van der Waals surface area contributed by atoms with E-state index in [9.17, 15) is 18.0 Å². The Morgan fingerprint density at radius 3 is 2.23 bits per heavy atom. The zero-order valence-electron chi connectivity index (χ0n) is 24.9. The molecule has 0 bridgehead atoms. The predicted octanol–water partition coefficient (Wildman–Crippen LogP) is 5.96. The van der Waals surface area contributed by atoms with Crippen LogP contribution in [0, 0.1) is 5.92 Å². The number of nitrogens with zero attached hydrogens (tertiary/aromatic N) is 2. The lowest BCUT2D eigenvalue weighted by molar-refractivity contribution is -0.141. The van der Waals surface area contributed by atoms with Crippen molar-refractivity contribution in [2.24, 2.45) is 5.92 Å². The fourth-order valence-electron chi connectivity index (χ4n) is 4.56. The highest BCUT2D eigenvalue weighted by Crippen LogP contribution is 2.26. The highest BCUT2D eigenvalue weighted by atomic mass is 35.5. The maximum absolute atomic E-state index is 13.9. The van der Waals surface area contributed by atoms with E-state index in [1.165, 1.54) is 16.3 Å². The molecule has 0 aliphatic carbocycles. The van der Waals surface area contributed by atoms with Crippen LogP contribution in [-0.2, 0) is 32.6 Å². The molecule has 43 heavy (non-hydrogen) atoms. The standard InChI is InChI=1S/C32H39Cl2N3O5S/c1-23(2)21-35-32(39)30(19-24-9-6-5-7-10-24)36(22-25-12-13-26(33)20-29(25)34)31(38)11-8-18-37(43(4,40)41)27-14-16-28(42-3)17-15-27/h5-7,9-10,12-17,20,23,30H,8,11,18-19,21-22H2,1-4H3,(H,35,39)/t30-/m0/s1. The van der Waals surface area contributed by atoms with Crippen molar-refractivity contribution in [3.63, 3.8) is 0 Å². The number of benzene rings is 3. The molecular formula is C32H39Cl2N3O5S. The van der Waals surface area contributed by atoms with Crippen LogP contribution in [-0.4, -0.2) is 57.6 Å². The molecule has 3 rings (SSSR count). The molecule has 0 fully saturated rings. The second-order valence-corrected chi connectivity index (χ2v) is 13.5. The molecule has 0 unspecified atom stereocenters. The zero-order chi connectivity index (χ0) is 31.6. The Morgan fingerprint density at radius 1 is 0.977 bits per heavy atom. The highest BCUT2D eigenvalue weighted by molar-refractivity contribution is 7.92. The van der Waals surface area contributed by atoms with Gasteiger partial charge in [-0.15, -0.1) is 0 Å². The largest absolute Gasteiger partial charge is 0.497 e. The topological polar surface area (TPSA) is 96.0 Å². The number of ether oxygens (including phenoxy) is 1. The highest BCUT2D eigenvalue weighted by Gasteiger charge is 2.31. The number of sulfonamides is 1. The minimum Gasteiger partial charge on any atom is -0.497 e. The lowest BCUT2D eigenvalue weighted by atomic mass is 10.0. The van der Waals surface area contributed by atoms with Crippen LogP contribution in [0.25, 0.3) is 0 Å². The van der Waals surface area contributed by atoms with E-state index in [1.54, 1.807) is 42.5 Å². The molecule has 0 aliphatic rings. The summed E-state index contributed by atoms with van der Waals surface area (Å²) in [5.74, 6) is 0.252. The Labute approximate surface area is 265 Å². The Bertz CT molecular complexity index is 1470. The molecule has 8 nitrogen and oxygen atoms in total. The van der Waals surface area contributed by atoms with Crippen molar-refractivity contribution < 1.29 is 22.7 Å². The average Bonchev–Trinajstić information content (AvgIpc) is 2.96. The number of nitrogens with one attached hydrogen (secondary N) is 1. The van der Waals surface area contributed by atoms with Gasteiger partial charge in [0.15, 0.2) is 0 Å². The zero-order valence-corrected chi connectivity index (χ0v) is 27.3. The van der Waals surface area contributed by atoms with Crippen molar-refractivity contribution in [3.05, 3.63) is 94.0 Å². The maximum atomic E-state index is 13.9. The van der Waals surface area contributed by atoms with Gasteiger partial charge in [-0.25, -0.2) is 8.42 Å². The van der Waals surface area contributed by atoms with Gasteiger partial charge in [0.25, 0.3) is 0 Å². The Morgan fingerprint density at radius 2 is 1.65 bits per heavy atom. The first-order valence-electron chi connectivity index (χ1n) is 14.1. The SMILES string of the molecule is COc1ccc(N(CCCC(=O)N(Cc2ccc(Cl)cc2Cl)[C@@H](Cc2ccccc2)C(=O)NCC(C)C)S(C)(=O)=O)cc1. The van der Waals surface area contributed by atoms with Crippen LogP contribution < -0.4 is 14.4 Å². The monoisotopic (exact) mass is 647 g/mol. The summed E-state index contributed by atoms with van der Waals surface area (Å²) >= 11 is 12.6. The Kier molecular flexibility index (Phi) is 12.7. The quantitative estimate of drug-likeness (QED) is 0.220. The van der Waals surface area contributed by atoms with Gasteiger partial charge in [-0.05, 0) is 59.9 Å². The Hall–Kier alpha value is -3.27. The van der Waals surface area contributed by atoms with Gasteiger partial charge in [-0.1, -0.05) is 73.4 Å². The first-order chi connectivity index (χ1) is 20.4. The van der Waals surface area contributed by atoms with Crippen molar-refractivity contribution >= 4 is 50.7 Å². The van der Waals surface area contributed by atoms with Crippen molar-refractivity contribution in [3.8, 4) is 5.75 Å². The van der Waals surface area contributed by atoms with Gasteiger partial charge in [-0.3, -0.25) is 13.9 Å². The number of halogens is 2. The van der Waals surface area contributed by atoms with E-state index in [-0.39, 0.29) is 43.7 Å². The summed E-state index contributed by atoms with van der Waals surface area (Å²) in [5.41, 5.74) is 2.01. The number of rotatable bonds is 15. The van der Waals surface area contributed by atoms with Crippen molar-refractivity contribution in [2.75, 3.05) is 30.8 Å². The first-order valence-corrected chi connectivity index (χ1v) is 16.7. The maximum Gasteiger partial charge on any atom is 0.243 e. The number of carbonyl (C=O) groups excluding carboxylic acids is 2. The van der Waals surface area contributed by atoms with E-state index in [1.807, 2.05) is 44.2 Å². The summed E-state index contributed by atoms with van der Waals surface area (Å²) in [5, 5.41) is 3.83. The summed E-state index contributed by atoms with van der Waals surface area (Å²) < 4.78 is 31.7. The summed E-state index contributed by atoms with van der Waals surface area (Å²) in [4.78, 5) is 29.1. The lowest BCUT2D eigenvalue weighted by Gasteiger charge is -2.32. The van der Waals surface area contributed by atoms with Gasteiger partial charge < -0.3 is 15.0 Å². The van der Waals surface area contributed by atoms with Gasteiger partial charge >= 0.3 is 0 Å². The van der Waals surface area contributed by atoms with Crippen LogP contribution in [0.1, 0.15) is 37.8 Å². The molecule has 11 heteroatoms. The molecule has 1 N–H and O–H groups in total. The number of anilines is 1. The van der Waals surface area contributed by atoms with Crippen molar-refractivity contribution in [1.29, 1.82) is 0 Å². The number of hydrogen-bond donors (Lipinski definition) is 1. The van der Waals surface area contributed by atoms with Gasteiger partial charge in [0.2, 0.25) is 21.8 Å². The van der Waals surface area contributed by atoms with E-state index in [0.29, 0.717) is 40.0 Å². The third kappa shape index (κ3) is 10.4. The van der Waals surface area contributed by atoms with E-state index in [4.69, 9.17) is 27.9 Å². The van der Waals surface area contributed by atoms with E-state index >= 15 is 0 Å². The molecule has 0 spiro atoms. The minimum absolute atomic E-state index is 0.0101. The molecule has 3 aromatic rings. The third-order valence-electron chi connectivity index (χ3n) is 6.82. The second kappa shape index (κ2) is 16.0. The lowest BCUT2D eigenvalue weighted by Crippen LogP contribution is -2.51. The summed E-state index contributed by atoms with van der Waals surface area (Å²) in [6.45, 7) is 4.61. The Balaban J connectivity index is 1.90. The van der Waals surface area contributed by atoms with Gasteiger partial charge in [0.05, 0.1) is 19.1 Å². The smallest absolute Gasteiger partial charge is 0.243 e. The van der Waals surface area contributed by atoms with Crippen LogP contribution in [0.2, 0.25) is 10.0 Å². The molecule has 0 aliphatic heterocycles. The number of carbonyl (C=O) groups is 2. The van der Waals surface area contributed by atoms with E-state index < -0.39 is 16.1 Å². The molecule has 3 aromatic carbocycles. The fourth-order valence-corrected chi connectivity index (χ4v) is 6.00. The summed E-state index contributed by atoms with van der Waals surface area (Å²) in [6, 6.07) is 20.4. The number of amides is 2. The molecule has 0 saturated carbocycles. The molecule has 0 radical (unpaired) electrons. The van der Waals surface area contributed by atoms with Crippen LogP contribution in [0.3, 0.4) is 0 Å². The van der Waals surface area contributed by atoms with Crippen LogP contribution in [0.4, 0.5) is 5.69 Å². The van der Waals surface area contributed by atoms with Gasteiger partial charge in [0, 0.05) is 42.5 Å². The van der Waals surface area contributed by atoms with Crippen molar-refractivity contribution in [2.45, 2.75) is 45.7 Å². The fraction of sp³-hybridized carbons (Fsp3) is 0.375. The van der Waals surface area contributed by atoms with Crippen LogP contribution in [0.5, 0.6) is 5.75 Å². The molecular weight excluding hydrogens is 609 g/mol. The first kappa shape index (κ1) is 34.2. The van der Waals surface area contributed by atoms with Gasteiger partial charge in [-0.2, -0.15) is 0 Å². The normalized spacial score (nSPS) is 12.1. The van der Waals surface area contributed by atoms with E-state index in [2.05, 4.69) is 5.32 Å². The summed E-state index contributed by atoms with van der Waals surface area (Å²) in [7, 11) is -2.09. The minimum atomic E-state index is -3.63. The van der Waals surface area contributed by atoms with Crippen molar-refractivity contribution in [1.82, 2.24) is 10.2 Å². The van der Waals surface area contributed by atoms with Gasteiger partial charge in [0.1, 0.15) is 11.8 Å². The predicted molar refractivity (Wildman–Crippen MR) is 173 cm³/mol. The third-order valence-corrected chi connectivity index (χ3v) is 8.61.